The molecule has 112 valence electrons. The first-order chi connectivity index (χ1) is 9.71. The van der Waals surface area contributed by atoms with Gasteiger partial charge in [0.2, 0.25) is 5.91 Å². The van der Waals surface area contributed by atoms with Gasteiger partial charge in [0.25, 0.3) is 0 Å². The summed E-state index contributed by atoms with van der Waals surface area (Å²) in [7, 11) is 0. The highest BCUT2D eigenvalue weighted by Gasteiger charge is 2.68. The lowest BCUT2D eigenvalue weighted by Crippen LogP contribution is -2.17. The lowest BCUT2D eigenvalue weighted by atomic mass is 10.0. The molecule has 1 saturated carbocycles. The molecule has 0 radical (unpaired) electrons. The Bertz CT molecular complexity index is 618. The Balaban J connectivity index is 2.16. The summed E-state index contributed by atoms with van der Waals surface area (Å²) in [6.07, 6.45) is 0. The Morgan fingerprint density at radius 1 is 1.29 bits per heavy atom. The number of carbonyl (C=O) groups excluding carboxylic acids is 1. The van der Waals surface area contributed by atoms with E-state index in [0.29, 0.717) is 6.54 Å². The summed E-state index contributed by atoms with van der Waals surface area (Å²) < 4.78 is 0. The largest absolute Gasteiger partial charge is 0.326 e. The monoisotopic (exact) mass is 284 g/mol. The molecule has 3 N–H and O–H groups in total. The second-order valence-corrected chi connectivity index (χ2v) is 6.90. The molecule has 3 nitrogen and oxygen atoms in total. The molecule has 0 unspecified atom stereocenters. The van der Waals surface area contributed by atoms with Crippen molar-refractivity contribution in [3.05, 3.63) is 29.3 Å². The number of benzene rings is 1. The minimum atomic E-state index is 0.0456. The molecular formula is C18H24N2O. The van der Waals surface area contributed by atoms with Gasteiger partial charge in [0.1, 0.15) is 0 Å². The van der Waals surface area contributed by atoms with Crippen LogP contribution in [0.25, 0.3) is 0 Å². The van der Waals surface area contributed by atoms with Crippen molar-refractivity contribution in [3.8, 4) is 11.8 Å². The summed E-state index contributed by atoms with van der Waals surface area (Å²) in [5, 5.41) is 3.02. The van der Waals surface area contributed by atoms with Gasteiger partial charge in [-0.25, -0.2) is 0 Å². The first-order valence-electron chi connectivity index (χ1n) is 7.32. The van der Waals surface area contributed by atoms with Crippen molar-refractivity contribution >= 4 is 11.6 Å². The maximum atomic E-state index is 12.4. The maximum absolute atomic E-state index is 12.4. The predicted octanol–water partition coefficient (Wildman–Crippen LogP) is 2.93. The quantitative estimate of drug-likeness (QED) is 0.820. The maximum Gasteiger partial charge on any atom is 0.228 e. The Hall–Kier alpha value is -1.79. The number of hydrogen-bond acceptors (Lipinski definition) is 2. The summed E-state index contributed by atoms with van der Waals surface area (Å²) >= 11 is 0. The third kappa shape index (κ3) is 2.69. The molecule has 3 heteroatoms. The zero-order valence-electron chi connectivity index (χ0n) is 13.5. The van der Waals surface area contributed by atoms with Crippen LogP contribution in [-0.2, 0) is 4.79 Å². The van der Waals surface area contributed by atoms with Crippen LogP contribution in [0.1, 0.15) is 38.8 Å². The van der Waals surface area contributed by atoms with E-state index in [0.717, 1.165) is 16.8 Å². The molecule has 1 aromatic carbocycles. The van der Waals surface area contributed by atoms with Crippen molar-refractivity contribution in [1.29, 1.82) is 0 Å². The average Bonchev–Trinajstić information content (AvgIpc) is 2.80. The van der Waals surface area contributed by atoms with Crippen LogP contribution in [0.3, 0.4) is 0 Å². The van der Waals surface area contributed by atoms with E-state index in [2.05, 4.69) is 44.9 Å². The molecule has 1 aliphatic carbocycles. The molecule has 1 aromatic rings. The van der Waals surface area contributed by atoms with Gasteiger partial charge in [-0.15, -0.1) is 0 Å². The average molecular weight is 284 g/mol. The highest BCUT2D eigenvalue weighted by molar-refractivity contribution is 5.96. The van der Waals surface area contributed by atoms with E-state index < -0.39 is 0 Å². The summed E-state index contributed by atoms with van der Waals surface area (Å²) in [6.45, 7) is 10.9. The molecule has 21 heavy (non-hydrogen) atoms. The Morgan fingerprint density at radius 3 is 2.43 bits per heavy atom. The zero-order chi connectivity index (χ0) is 15.8. The molecule has 2 rings (SSSR count). The molecule has 0 atom stereocenters. The van der Waals surface area contributed by atoms with Crippen molar-refractivity contribution in [2.24, 2.45) is 22.5 Å². The van der Waals surface area contributed by atoms with Crippen molar-refractivity contribution < 1.29 is 4.79 Å². The minimum absolute atomic E-state index is 0.0456. The highest BCUT2D eigenvalue weighted by atomic mass is 16.2. The predicted molar refractivity (Wildman–Crippen MR) is 86.8 cm³/mol. The summed E-state index contributed by atoms with van der Waals surface area (Å²) in [4.78, 5) is 12.4. The van der Waals surface area contributed by atoms with Crippen LogP contribution in [0.4, 0.5) is 5.69 Å². The molecule has 0 spiro atoms. The molecule has 0 aliphatic heterocycles. The van der Waals surface area contributed by atoms with Crippen LogP contribution in [0.15, 0.2) is 18.2 Å². The number of aryl methyl sites for hydroxylation is 1. The molecule has 0 aromatic heterocycles. The van der Waals surface area contributed by atoms with Gasteiger partial charge in [0.15, 0.2) is 0 Å². The van der Waals surface area contributed by atoms with Crippen LogP contribution in [-0.4, -0.2) is 12.5 Å². The molecular weight excluding hydrogens is 260 g/mol. The summed E-state index contributed by atoms with van der Waals surface area (Å²) in [5.74, 6) is 6.03. The molecule has 1 amide bonds. The van der Waals surface area contributed by atoms with Gasteiger partial charge < -0.3 is 11.1 Å². The van der Waals surface area contributed by atoms with E-state index in [9.17, 15) is 4.79 Å². The van der Waals surface area contributed by atoms with Crippen LogP contribution in [0.5, 0.6) is 0 Å². The fraction of sp³-hybridized carbons (Fsp3) is 0.500. The van der Waals surface area contributed by atoms with E-state index in [1.54, 1.807) is 0 Å². The zero-order valence-corrected chi connectivity index (χ0v) is 13.5. The van der Waals surface area contributed by atoms with Gasteiger partial charge in [-0.05, 0) is 35.4 Å². The highest BCUT2D eigenvalue weighted by Crippen LogP contribution is 2.68. The Labute approximate surface area is 127 Å². The first-order valence-corrected chi connectivity index (χ1v) is 7.32. The number of amides is 1. The van der Waals surface area contributed by atoms with Gasteiger partial charge in [0.05, 0.1) is 6.54 Å². The third-order valence-electron chi connectivity index (χ3n) is 5.11. The molecule has 1 fully saturated rings. The number of nitrogens with one attached hydrogen (secondary N) is 1. The fourth-order valence-corrected chi connectivity index (χ4v) is 3.05. The van der Waals surface area contributed by atoms with Gasteiger partial charge in [-0.2, -0.15) is 0 Å². The molecule has 1 aliphatic rings. The van der Waals surface area contributed by atoms with Crippen LogP contribution in [0, 0.1) is 35.5 Å². The van der Waals surface area contributed by atoms with Crippen molar-refractivity contribution in [3.63, 3.8) is 0 Å². The molecule has 0 saturated heterocycles. The van der Waals surface area contributed by atoms with E-state index in [1.165, 1.54) is 0 Å². The summed E-state index contributed by atoms with van der Waals surface area (Å²) in [5.41, 5.74) is 8.29. The molecule has 0 heterocycles. The number of nitrogens with two attached hydrogens (primary N) is 1. The topological polar surface area (TPSA) is 55.1 Å². The normalized spacial score (nSPS) is 18.6. The van der Waals surface area contributed by atoms with E-state index >= 15 is 0 Å². The smallest absolute Gasteiger partial charge is 0.228 e. The van der Waals surface area contributed by atoms with Gasteiger partial charge >= 0.3 is 0 Å². The van der Waals surface area contributed by atoms with Crippen molar-refractivity contribution in [1.82, 2.24) is 0 Å². The fourth-order valence-electron chi connectivity index (χ4n) is 3.05. The second-order valence-electron chi connectivity index (χ2n) is 6.90. The number of hydrogen-bond donors (Lipinski definition) is 2. The van der Waals surface area contributed by atoms with Crippen molar-refractivity contribution in [2.45, 2.75) is 34.6 Å². The number of anilines is 1. The number of rotatable bonds is 2. The van der Waals surface area contributed by atoms with Gasteiger partial charge in [-0.1, -0.05) is 45.6 Å². The summed E-state index contributed by atoms with van der Waals surface area (Å²) in [6, 6.07) is 5.81. The third-order valence-corrected chi connectivity index (χ3v) is 5.11. The van der Waals surface area contributed by atoms with E-state index in [1.807, 2.05) is 25.1 Å². The van der Waals surface area contributed by atoms with Crippen LogP contribution >= 0.6 is 0 Å². The van der Waals surface area contributed by atoms with Crippen molar-refractivity contribution in [2.75, 3.05) is 11.9 Å². The lowest BCUT2D eigenvalue weighted by Gasteiger charge is -2.08. The SMILES string of the molecule is Cc1ccc(NC(=O)C2C(C)(C)C2(C)C)cc1C#CCN. The van der Waals surface area contributed by atoms with E-state index in [4.69, 9.17) is 5.73 Å². The second kappa shape index (κ2) is 5.20. The molecule has 0 bridgehead atoms. The Morgan fingerprint density at radius 2 is 1.90 bits per heavy atom. The van der Waals surface area contributed by atoms with E-state index in [-0.39, 0.29) is 22.7 Å². The first kappa shape index (κ1) is 15.6. The van der Waals surface area contributed by atoms with Gasteiger partial charge in [-0.3, -0.25) is 4.79 Å². The van der Waals surface area contributed by atoms with Crippen LogP contribution in [0.2, 0.25) is 0 Å². The van der Waals surface area contributed by atoms with Gasteiger partial charge in [0, 0.05) is 17.2 Å². The lowest BCUT2D eigenvalue weighted by molar-refractivity contribution is -0.118. The van der Waals surface area contributed by atoms with Crippen LogP contribution < -0.4 is 11.1 Å². The standard InChI is InChI=1S/C18H24N2O/c1-12-8-9-14(11-13(12)7-6-10-19)20-16(21)15-17(2,3)18(15,4)5/h8-9,11,15H,10,19H2,1-5H3,(H,20,21). The minimum Gasteiger partial charge on any atom is -0.326 e. The number of carbonyl (C=O) groups is 1. The Kier molecular flexibility index (Phi) is 3.86.